The van der Waals surface area contributed by atoms with E-state index in [1.807, 2.05) is 6.08 Å². The van der Waals surface area contributed by atoms with Gasteiger partial charge in [-0.25, -0.2) is 0 Å². The zero-order chi connectivity index (χ0) is 10.4. The first kappa shape index (κ1) is 11.0. The molecule has 1 rings (SSSR count). The summed E-state index contributed by atoms with van der Waals surface area (Å²) in [5, 5.41) is 0. The lowest BCUT2D eigenvalue weighted by atomic mass is 10.2. The van der Waals surface area contributed by atoms with Gasteiger partial charge in [-0.15, -0.1) is 6.58 Å². The van der Waals surface area contributed by atoms with Crippen LogP contribution in [0, 0.1) is 0 Å². The van der Waals surface area contributed by atoms with E-state index in [1.165, 1.54) is 0 Å². The van der Waals surface area contributed by atoms with E-state index in [4.69, 9.17) is 4.74 Å². The molecule has 0 aromatic heterocycles. The average Bonchev–Trinajstić information content (AvgIpc) is 2.63. The second-order valence-electron chi connectivity index (χ2n) is 3.36. The number of hydrogen-bond acceptors (Lipinski definition) is 3. The summed E-state index contributed by atoms with van der Waals surface area (Å²) in [5.74, 6) is -0.135. The molecule has 0 aromatic carbocycles. The Labute approximate surface area is 85.0 Å². The molecule has 1 atom stereocenters. The van der Waals surface area contributed by atoms with Gasteiger partial charge in [0.25, 0.3) is 0 Å². The van der Waals surface area contributed by atoms with Gasteiger partial charge in [-0.05, 0) is 19.4 Å². The van der Waals surface area contributed by atoms with Gasteiger partial charge in [0.1, 0.15) is 12.6 Å². The molecule has 0 bridgehead atoms. The summed E-state index contributed by atoms with van der Waals surface area (Å²) >= 11 is 0. The van der Waals surface area contributed by atoms with Crippen LogP contribution in [0.5, 0.6) is 0 Å². The second-order valence-corrected chi connectivity index (χ2v) is 3.36. The first-order chi connectivity index (χ1) is 6.79. The topological polar surface area (TPSA) is 29.5 Å². The van der Waals surface area contributed by atoms with Crippen LogP contribution in [0.2, 0.25) is 0 Å². The highest BCUT2D eigenvalue weighted by Crippen LogP contribution is 2.17. The Hall–Kier alpha value is -1.09. The number of ether oxygens (including phenoxy) is 1. The Morgan fingerprint density at radius 1 is 1.50 bits per heavy atom. The minimum Gasteiger partial charge on any atom is -0.460 e. The van der Waals surface area contributed by atoms with E-state index in [2.05, 4.69) is 18.1 Å². The Morgan fingerprint density at radius 2 is 2.29 bits per heavy atom. The maximum atomic E-state index is 11.5. The van der Waals surface area contributed by atoms with E-state index < -0.39 is 0 Å². The summed E-state index contributed by atoms with van der Waals surface area (Å²) < 4.78 is 5.02. The predicted octanol–water partition coefficient (Wildman–Crippen LogP) is 1.37. The standard InChI is InChI=1S/C11H17NO2/c1-3-7-12-8-5-6-10(12)11(13)14-9-4-2/h3-4,10H,1-2,5-9H2/t10-/m0/s1. The molecule has 0 radical (unpaired) electrons. The largest absolute Gasteiger partial charge is 0.460 e. The zero-order valence-electron chi connectivity index (χ0n) is 8.45. The van der Waals surface area contributed by atoms with Crippen molar-refractivity contribution in [1.82, 2.24) is 4.90 Å². The molecule has 1 fully saturated rings. The minimum atomic E-state index is -0.135. The SMILES string of the molecule is C=CCOC(=O)[C@@H]1CCCN1CC=C. The molecule has 0 saturated carbocycles. The highest BCUT2D eigenvalue weighted by molar-refractivity contribution is 5.76. The van der Waals surface area contributed by atoms with Gasteiger partial charge in [0.05, 0.1) is 0 Å². The van der Waals surface area contributed by atoms with E-state index in [0.29, 0.717) is 6.61 Å². The van der Waals surface area contributed by atoms with Gasteiger partial charge in [0.2, 0.25) is 0 Å². The van der Waals surface area contributed by atoms with Crippen molar-refractivity contribution >= 4 is 5.97 Å². The van der Waals surface area contributed by atoms with E-state index in [9.17, 15) is 4.79 Å². The molecule has 1 saturated heterocycles. The summed E-state index contributed by atoms with van der Waals surface area (Å²) in [5.41, 5.74) is 0. The molecule has 78 valence electrons. The van der Waals surface area contributed by atoms with Gasteiger partial charge in [-0.1, -0.05) is 18.7 Å². The van der Waals surface area contributed by atoms with Crippen molar-refractivity contribution in [3.63, 3.8) is 0 Å². The summed E-state index contributed by atoms with van der Waals surface area (Å²) in [6, 6.07) is -0.0760. The molecule has 0 unspecified atom stereocenters. The molecular weight excluding hydrogens is 178 g/mol. The third-order valence-corrected chi connectivity index (χ3v) is 2.34. The first-order valence-corrected chi connectivity index (χ1v) is 4.92. The molecule has 0 spiro atoms. The van der Waals surface area contributed by atoms with Crippen molar-refractivity contribution in [3.8, 4) is 0 Å². The molecule has 1 aliphatic heterocycles. The van der Waals surface area contributed by atoms with Gasteiger partial charge >= 0.3 is 5.97 Å². The first-order valence-electron chi connectivity index (χ1n) is 4.92. The fraction of sp³-hybridized carbons (Fsp3) is 0.545. The van der Waals surface area contributed by atoms with Crippen LogP contribution in [0.1, 0.15) is 12.8 Å². The fourth-order valence-corrected chi connectivity index (χ4v) is 1.71. The Morgan fingerprint density at radius 3 is 2.93 bits per heavy atom. The summed E-state index contributed by atoms with van der Waals surface area (Å²) in [6.45, 7) is 9.20. The lowest BCUT2D eigenvalue weighted by Gasteiger charge is -2.20. The van der Waals surface area contributed by atoms with E-state index in [1.54, 1.807) is 6.08 Å². The lowest BCUT2D eigenvalue weighted by Crippen LogP contribution is -2.37. The number of carbonyl (C=O) groups excluding carboxylic acids is 1. The number of esters is 1. The molecular formula is C11H17NO2. The average molecular weight is 195 g/mol. The van der Waals surface area contributed by atoms with E-state index >= 15 is 0 Å². The molecule has 3 nitrogen and oxygen atoms in total. The Kier molecular flexibility index (Phi) is 4.40. The van der Waals surface area contributed by atoms with Crippen molar-refractivity contribution in [3.05, 3.63) is 25.3 Å². The highest BCUT2D eigenvalue weighted by Gasteiger charge is 2.30. The molecule has 0 aromatic rings. The van der Waals surface area contributed by atoms with E-state index in [0.717, 1.165) is 25.9 Å². The van der Waals surface area contributed by atoms with E-state index in [-0.39, 0.29) is 12.0 Å². The number of nitrogens with zero attached hydrogens (tertiary/aromatic N) is 1. The molecule has 0 N–H and O–H groups in total. The van der Waals surface area contributed by atoms with Gasteiger partial charge in [0, 0.05) is 6.54 Å². The number of carbonyl (C=O) groups is 1. The van der Waals surface area contributed by atoms with Crippen molar-refractivity contribution in [2.24, 2.45) is 0 Å². The highest BCUT2D eigenvalue weighted by atomic mass is 16.5. The second kappa shape index (κ2) is 5.60. The van der Waals surface area contributed by atoms with Crippen LogP contribution in [0.25, 0.3) is 0 Å². The van der Waals surface area contributed by atoms with Gasteiger partial charge in [-0.3, -0.25) is 9.69 Å². The fourth-order valence-electron chi connectivity index (χ4n) is 1.71. The molecule has 0 aliphatic carbocycles. The maximum Gasteiger partial charge on any atom is 0.323 e. The van der Waals surface area contributed by atoms with Gasteiger partial charge in [0.15, 0.2) is 0 Å². The van der Waals surface area contributed by atoms with Crippen LogP contribution in [0.15, 0.2) is 25.3 Å². The number of likely N-dealkylation sites (tertiary alicyclic amines) is 1. The van der Waals surface area contributed by atoms with Crippen LogP contribution in [-0.2, 0) is 9.53 Å². The maximum absolute atomic E-state index is 11.5. The van der Waals surface area contributed by atoms with Crippen LogP contribution >= 0.6 is 0 Å². The summed E-state index contributed by atoms with van der Waals surface area (Å²) in [6.07, 6.45) is 5.36. The van der Waals surface area contributed by atoms with Crippen LogP contribution in [0.3, 0.4) is 0 Å². The lowest BCUT2D eigenvalue weighted by molar-refractivity contribution is -0.147. The van der Waals surface area contributed by atoms with Crippen LogP contribution in [-0.4, -0.2) is 36.6 Å². The molecule has 1 aliphatic rings. The molecule has 14 heavy (non-hydrogen) atoms. The van der Waals surface area contributed by atoms with Crippen LogP contribution in [0.4, 0.5) is 0 Å². The quantitative estimate of drug-likeness (QED) is 0.490. The third-order valence-electron chi connectivity index (χ3n) is 2.34. The monoisotopic (exact) mass is 195 g/mol. The van der Waals surface area contributed by atoms with Gasteiger partial charge in [-0.2, -0.15) is 0 Å². The number of hydrogen-bond donors (Lipinski definition) is 0. The Balaban J connectivity index is 2.44. The van der Waals surface area contributed by atoms with Crippen molar-refractivity contribution < 1.29 is 9.53 Å². The summed E-state index contributed by atoms with van der Waals surface area (Å²) in [4.78, 5) is 13.6. The third kappa shape index (κ3) is 2.70. The predicted molar refractivity (Wildman–Crippen MR) is 55.9 cm³/mol. The normalized spacial score (nSPS) is 21.9. The zero-order valence-corrected chi connectivity index (χ0v) is 8.45. The minimum absolute atomic E-state index is 0.0760. The number of rotatable bonds is 5. The van der Waals surface area contributed by atoms with Crippen molar-refractivity contribution in [2.75, 3.05) is 19.7 Å². The summed E-state index contributed by atoms with van der Waals surface area (Å²) in [7, 11) is 0. The molecule has 1 heterocycles. The molecule has 3 heteroatoms. The Bertz CT molecular complexity index is 225. The van der Waals surface area contributed by atoms with Crippen molar-refractivity contribution in [2.45, 2.75) is 18.9 Å². The molecule has 0 amide bonds. The van der Waals surface area contributed by atoms with Crippen molar-refractivity contribution in [1.29, 1.82) is 0 Å². The van der Waals surface area contributed by atoms with Crippen LogP contribution < -0.4 is 0 Å². The smallest absolute Gasteiger partial charge is 0.323 e. The van der Waals surface area contributed by atoms with Gasteiger partial charge < -0.3 is 4.74 Å².